The predicted molar refractivity (Wildman–Crippen MR) is 64.1 cm³/mol. The van der Waals surface area contributed by atoms with Crippen LogP contribution in [-0.4, -0.2) is 4.98 Å². The van der Waals surface area contributed by atoms with E-state index in [1.165, 1.54) is 5.56 Å². The number of aryl methyl sites for hydroxylation is 1. The maximum absolute atomic E-state index is 6.06. The van der Waals surface area contributed by atoms with Gasteiger partial charge in [0, 0.05) is 22.6 Å². The lowest BCUT2D eigenvalue weighted by atomic mass is 10.0. The van der Waals surface area contributed by atoms with Crippen molar-refractivity contribution in [3.63, 3.8) is 0 Å². The molecule has 15 heavy (non-hydrogen) atoms. The highest BCUT2D eigenvalue weighted by Gasteiger charge is 2.09. The van der Waals surface area contributed by atoms with Crippen LogP contribution in [-0.2, 0) is 0 Å². The van der Waals surface area contributed by atoms with E-state index >= 15 is 0 Å². The molecule has 1 heterocycles. The Morgan fingerprint density at radius 3 is 2.80 bits per heavy atom. The van der Waals surface area contributed by atoms with E-state index in [1.807, 2.05) is 32.0 Å². The molecule has 2 rings (SSSR count). The normalized spacial score (nSPS) is 13.1. The first-order chi connectivity index (χ1) is 7.09. The molecule has 1 atom stereocenters. The van der Waals surface area contributed by atoms with E-state index in [-0.39, 0.29) is 6.04 Å². The van der Waals surface area contributed by atoms with Crippen LogP contribution in [0, 0.1) is 6.92 Å². The summed E-state index contributed by atoms with van der Waals surface area (Å²) >= 11 is 6.06. The topological polar surface area (TPSA) is 38.9 Å². The Labute approximate surface area is 94.1 Å². The zero-order valence-electron chi connectivity index (χ0n) is 8.79. The summed E-state index contributed by atoms with van der Waals surface area (Å²) < 4.78 is 0. The van der Waals surface area contributed by atoms with Crippen molar-refractivity contribution in [2.75, 3.05) is 0 Å². The molecule has 0 bridgehead atoms. The molecule has 0 radical (unpaired) electrons. The van der Waals surface area contributed by atoms with Gasteiger partial charge in [-0.15, -0.1) is 0 Å². The highest BCUT2D eigenvalue weighted by molar-refractivity contribution is 6.31. The quantitative estimate of drug-likeness (QED) is 0.802. The lowest BCUT2D eigenvalue weighted by Gasteiger charge is -2.11. The summed E-state index contributed by atoms with van der Waals surface area (Å²) in [5, 5.41) is 1.79. The van der Waals surface area contributed by atoms with Crippen molar-refractivity contribution >= 4 is 22.5 Å². The minimum absolute atomic E-state index is 0.0551. The zero-order valence-corrected chi connectivity index (χ0v) is 9.55. The van der Waals surface area contributed by atoms with Crippen LogP contribution in [0.15, 0.2) is 24.4 Å². The first-order valence-corrected chi connectivity index (χ1v) is 5.27. The maximum atomic E-state index is 6.06. The average molecular weight is 221 g/mol. The number of hydrogen-bond donors (Lipinski definition) is 1. The smallest absolute Gasteiger partial charge is 0.0753 e. The van der Waals surface area contributed by atoms with E-state index < -0.39 is 0 Å². The number of halogens is 1. The molecule has 1 aromatic carbocycles. The maximum Gasteiger partial charge on any atom is 0.0753 e. The van der Waals surface area contributed by atoms with Gasteiger partial charge in [-0.1, -0.05) is 11.6 Å². The third kappa shape index (κ3) is 1.83. The molecule has 0 aliphatic rings. The van der Waals surface area contributed by atoms with E-state index in [4.69, 9.17) is 17.3 Å². The molecule has 0 amide bonds. The monoisotopic (exact) mass is 220 g/mol. The van der Waals surface area contributed by atoms with Crippen molar-refractivity contribution in [3.05, 3.63) is 40.5 Å². The Kier molecular flexibility index (Phi) is 2.63. The summed E-state index contributed by atoms with van der Waals surface area (Å²) in [6.07, 6.45) is 1.80. The molecule has 2 nitrogen and oxygen atoms in total. The highest BCUT2D eigenvalue weighted by atomic mass is 35.5. The second-order valence-electron chi connectivity index (χ2n) is 3.81. The Balaban J connectivity index is 2.86. The summed E-state index contributed by atoms with van der Waals surface area (Å²) in [5.41, 5.74) is 9.03. The number of nitrogens with two attached hydrogens (primary N) is 1. The van der Waals surface area contributed by atoms with Crippen LogP contribution < -0.4 is 5.73 Å². The molecule has 2 N–H and O–H groups in total. The number of aromatic nitrogens is 1. The molecular formula is C12H13ClN2. The third-order valence-corrected chi connectivity index (χ3v) is 2.77. The molecule has 1 unspecified atom stereocenters. The fourth-order valence-electron chi connectivity index (χ4n) is 1.73. The van der Waals surface area contributed by atoms with Gasteiger partial charge in [0.25, 0.3) is 0 Å². The zero-order chi connectivity index (χ0) is 11.0. The Hall–Kier alpha value is -1.12. The molecule has 1 aromatic heterocycles. The molecule has 0 saturated carbocycles. The number of pyridine rings is 1. The highest BCUT2D eigenvalue weighted by Crippen LogP contribution is 2.27. The van der Waals surface area contributed by atoms with Gasteiger partial charge in [0.15, 0.2) is 0 Å². The molecule has 2 aromatic rings. The average Bonchev–Trinajstić information content (AvgIpc) is 2.18. The number of fused-ring (bicyclic) bond motifs is 1. The minimum Gasteiger partial charge on any atom is -0.324 e. The van der Waals surface area contributed by atoms with E-state index in [0.717, 1.165) is 16.5 Å². The van der Waals surface area contributed by atoms with Gasteiger partial charge >= 0.3 is 0 Å². The Bertz CT molecular complexity index is 506. The fourth-order valence-corrected chi connectivity index (χ4v) is 1.95. The van der Waals surface area contributed by atoms with Gasteiger partial charge in [-0.3, -0.25) is 4.98 Å². The number of rotatable bonds is 1. The lowest BCUT2D eigenvalue weighted by Crippen LogP contribution is -2.06. The van der Waals surface area contributed by atoms with Gasteiger partial charge in [0.1, 0.15) is 0 Å². The van der Waals surface area contributed by atoms with Gasteiger partial charge in [-0.25, -0.2) is 0 Å². The number of nitrogens with zero attached hydrogens (tertiary/aromatic N) is 1. The summed E-state index contributed by atoms with van der Waals surface area (Å²) in [5.74, 6) is 0. The van der Waals surface area contributed by atoms with Crippen LogP contribution in [0.4, 0.5) is 0 Å². The van der Waals surface area contributed by atoms with Crippen molar-refractivity contribution in [1.29, 1.82) is 0 Å². The SMILES string of the molecule is Cc1ccnc2c(C(C)N)cc(Cl)cc12. The van der Waals surface area contributed by atoms with E-state index in [2.05, 4.69) is 4.98 Å². The van der Waals surface area contributed by atoms with Gasteiger partial charge in [0.05, 0.1) is 5.52 Å². The number of benzene rings is 1. The summed E-state index contributed by atoms with van der Waals surface area (Å²) in [6.45, 7) is 3.99. The van der Waals surface area contributed by atoms with E-state index in [0.29, 0.717) is 5.02 Å². The van der Waals surface area contributed by atoms with Crippen LogP contribution >= 0.6 is 11.6 Å². The van der Waals surface area contributed by atoms with Gasteiger partial charge in [-0.2, -0.15) is 0 Å². The third-order valence-electron chi connectivity index (χ3n) is 2.55. The number of hydrogen-bond acceptors (Lipinski definition) is 2. The minimum atomic E-state index is -0.0551. The second-order valence-corrected chi connectivity index (χ2v) is 4.24. The van der Waals surface area contributed by atoms with Crippen LogP contribution in [0.5, 0.6) is 0 Å². The lowest BCUT2D eigenvalue weighted by molar-refractivity contribution is 0.824. The van der Waals surface area contributed by atoms with E-state index in [9.17, 15) is 0 Å². The van der Waals surface area contributed by atoms with Crippen molar-refractivity contribution in [2.45, 2.75) is 19.9 Å². The van der Waals surface area contributed by atoms with Crippen LogP contribution in [0.2, 0.25) is 5.02 Å². The Morgan fingerprint density at radius 1 is 1.40 bits per heavy atom. The summed E-state index contributed by atoms with van der Waals surface area (Å²) in [7, 11) is 0. The van der Waals surface area contributed by atoms with Gasteiger partial charge < -0.3 is 5.73 Å². The Morgan fingerprint density at radius 2 is 2.13 bits per heavy atom. The van der Waals surface area contributed by atoms with Gasteiger partial charge in [-0.05, 0) is 43.2 Å². The molecule has 3 heteroatoms. The first kappa shape index (κ1) is 10.4. The standard InChI is InChI=1S/C12H13ClN2/c1-7-3-4-15-12-10(7)5-9(13)6-11(12)8(2)14/h3-6,8H,14H2,1-2H3. The molecule has 0 aliphatic carbocycles. The molecule has 78 valence electrons. The summed E-state index contributed by atoms with van der Waals surface area (Å²) in [4.78, 5) is 4.37. The second kappa shape index (κ2) is 3.80. The molecule has 0 fully saturated rings. The largest absolute Gasteiger partial charge is 0.324 e. The predicted octanol–water partition coefficient (Wildman–Crippen LogP) is 3.22. The van der Waals surface area contributed by atoms with Crippen LogP contribution in [0.3, 0.4) is 0 Å². The molecule has 0 spiro atoms. The first-order valence-electron chi connectivity index (χ1n) is 4.90. The summed E-state index contributed by atoms with van der Waals surface area (Å²) in [6, 6.07) is 5.75. The van der Waals surface area contributed by atoms with Crippen LogP contribution in [0.1, 0.15) is 24.1 Å². The van der Waals surface area contributed by atoms with Crippen molar-refractivity contribution in [3.8, 4) is 0 Å². The van der Waals surface area contributed by atoms with Crippen molar-refractivity contribution in [2.24, 2.45) is 5.73 Å². The van der Waals surface area contributed by atoms with Crippen molar-refractivity contribution in [1.82, 2.24) is 4.98 Å². The molecule has 0 aliphatic heterocycles. The van der Waals surface area contributed by atoms with Crippen molar-refractivity contribution < 1.29 is 0 Å². The fraction of sp³-hybridized carbons (Fsp3) is 0.250. The van der Waals surface area contributed by atoms with E-state index in [1.54, 1.807) is 6.20 Å². The molecular weight excluding hydrogens is 208 g/mol. The molecule has 0 saturated heterocycles. The van der Waals surface area contributed by atoms with Gasteiger partial charge in [0.2, 0.25) is 0 Å². The van der Waals surface area contributed by atoms with Crippen LogP contribution in [0.25, 0.3) is 10.9 Å².